The number of piperidine rings is 1. The van der Waals surface area contributed by atoms with Crippen molar-refractivity contribution in [1.82, 2.24) is 4.90 Å². The van der Waals surface area contributed by atoms with Crippen LogP contribution >= 0.6 is 0 Å². The van der Waals surface area contributed by atoms with E-state index in [1.807, 2.05) is 0 Å². The van der Waals surface area contributed by atoms with Crippen LogP contribution in [0.3, 0.4) is 0 Å². The zero-order valence-corrected chi connectivity index (χ0v) is 13.1. The summed E-state index contributed by atoms with van der Waals surface area (Å²) in [4.78, 5) is 2.54. The van der Waals surface area contributed by atoms with Crippen LogP contribution in [0.1, 0.15) is 36.8 Å². The molecule has 1 aromatic carbocycles. The summed E-state index contributed by atoms with van der Waals surface area (Å²) in [6.07, 6.45) is 5.46. The van der Waals surface area contributed by atoms with Crippen molar-refractivity contribution in [1.29, 1.82) is 0 Å². The molecule has 1 aromatic rings. The molecule has 0 aromatic heterocycles. The quantitative estimate of drug-likeness (QED) is 0.831. The summed E-state index contributed by atoms with van der Waals surface area (Å²) >= 11 is 0. The van der Waals surface area contributed by atoms with Gasteiger partial charge in [0.05, 0.1) is 18.8 Å². The van der Waals surface area contributed by atoms with Crippen LogP contribution in [0.25, 0.3) is 0 Å². The summed E-state index contributed by atoms with van der Waals surface area (Å²) in [5, 5.41) is 0. The molecule has 2 aliphatic heterocycles. The molecule has 0 spiro atoms. The highest BCUT2D eigenvalue weighted by Crippen LogP contribution is 2.19. The standard InChI is InChI=1S/C18H27NO2/c1-15-4-6-16(7-5-15)13-19-10-8-17(9-11-19)21-14-18-3-2-12-20-18/h4-7,17-18H,2-3,8-14H2,1H3/t18-/m1/s1. The zero-order valence-electron chi connectivity index (χ0n) is 13.1. The number of ether oxygens (including phenoxy) is 2. The Morgan fingerprint density at radius 1 is 1.14 bits per heavy atom. The molecule has 0 aliphatic carbocycles. The molecule has 21 heavy (non-hydrogen) atoms. The fraction of sp³-hybridized carbons (Fsp3) is 0.667. The highest BCUT2D eigenvalue weighted by atomic mass is 16.5. The average Bonchev–Trinajstić information content (AvgIpc) is 3.02. The van der Waals surface area contributed by atoms with Gasteiger partial charge in [-0.05, 0) is 38.2 Å². The van der Waals surface area contributed by atoms with E-state index in [-0.39, 0.29) is 0 Å². The molecular weight excluding hydrogens is 262 g/mol. The van der Waals surface area contributed by atoms with E-state index in [2.05, 4.69) is 36.1 Å². The third kappa shape index (κ3) is 4.53. The monoisotopic (exact) mass is 289 g/mol. The lowest BCUT2D eigenvalue weighted by atomic mass is 10.1. The van der Waals surface area contributed by atoms with Gasteiger partial charge in [0.25, 0.3) is 0 Å². The Hall–Kier alpha value is -0.900. The first-order chi connectivity index (χ1) is 10.3. The highest BCUT2D eigenvalue weighted by molar-refractivity contribution is 5.21. The topological polar surface area (TPSA) is 21.7 Å². The first-order valence-electron chi connectivity index (χ1n) is 8.31. The number of rotatable bonds is 5. The second-order valence-corrected chi connectivity index (χ2v) is 6.43. The van der Waals surface area contributed by atoms with Gasteiger partial charge in [0.2, 0.25) is 0 Å². The van der Waals surface area contributed by atoms with Crippen LogP contribution in [0, 0.1) is 6.92 Å². The number of benzene rings is 1. The number of hydrogen-bond donors (Lipinski definition) is 0. The van der Waals surface area contributed by atoms with E-state index in [0.29, 0.717) is 12.2 Å². The molecule has 0 bridgehead atoms. The van der Waals surface area contributed by atoms with E-state index in [9.17, 15) is 0 Å². The third-order valence-corrected chi connectivity index (χ3v) is 4.60. The Morgan fingerprint density at radius 2 is 1.90 bits per heavy atom. The third-order valence-electron chi connectivity index (χ3n) is 4.60. The predicted molar refractivity (Wildman–Crippen MR) is 84.4 cm³/mol. The number of nitrogens with zero attached hydrogens (tertiary/aromatic N) is 1. The first-order valence-corrected chi connectivity index (χ1v) is 8.31. The van der Waals surface area contributed by atoms with Crippen molar-refractivity contribution >= 4 is 0 Å². The van der Waals surface area contributed by atoms with Gasteiger partial charge in [-0.1, -0.05) is 29.8 Å². The van der Waals surface area contributed by atoms with E-state index in [0.717, 1.165) is 45.7 Å². The average molecular weight is 289 g/mol. The molecule has 0 amide bonds. The number of likely N-dealkylation sites (tertiary alicyclic amines) is 1. The minimum absolute atomic E-state index is 0.357. The summed E-state index contributed by atoms with van der Waals surface area (Å²) in [7, 11) is 0. The fourth-order valence-electron chi connectivity index (χ4n) is 3.20. The summed E-state index contributed by atoms with van der Waals surface area (Å²) in [6, 6.07) is 8.89. The van der Waals surface area contributed by atoms with Crippen molar-refractivity contribution in [2.24, 2.45) is 0 Å². The summed E-state index contributed by atoms with van der Waals surface area (Å²) < 4.78 is 11.6. The smallest absolute Gasteiger partial charge is 0.0809 e. The molecule has 2 fully saturated rings. The SMILES string of the molecule is Cc1ccc(CN2CCC(OC[C@H]3CCCO3)CC2)cc1. The van der Waals surface area contributed by atoms with Crippen molar-refractivity contribution in [2.45, 2.75) is 51.4 Å². The molecule has 3 nitrogen and oxygen atoms in total. The van der Waals surface area contributed by atoms with E-state index in [1.165, 1.54) is 24.0 Å². The van der Waals surface area contributed by atoms with Gasteiger partial charge in [-0.15, -0.1) is 0 Å². The maximum absolute atomic E-state index is 6.03. The van der Waals surface area contributed by atoms with Gasteiger partial charge >= 0.3 is 0 Å². The summed E-state index contributed by atoms with van der Waals surface area (Å²) in [6.45, 7) is 7.21. The van der Waals surface area contributed by atoms with Crippen molar-refractivity contribution < 1.29 is 9.47 Å². The Labute approximate surface area is 128 Å². The normalized spacial score (nSPS) is 24.5. The molecular formula is C18H27NO2. The van der Waals surface area contributed by atoms with Gasteiger partial charge in [-0.25, -0.2) is 0 Å². The molecule has 116 valence electrons. The lowest BCUT2D eigenvalue weighted by molar-refractivity contribution is -0.0426. The molecule has 0 unspecified atom stereocenters. The Kier molecular flexibility index (Phi) is 5.28. The van der Waals surface area contributed by atoms with Crippen LogP contribution in [-0.4, -0.2) is 43.4 Å². The van der Waals surface area contributed by atoms with E-state index >= 15 is 0 Å². The minimum atomic E-state index is 0.357. The van der Waals surface area contributed by atoms with Gasteiger partial charge in [-0.2, -0.15) is 0 Å². The molecule has 0 N–H and O–H groups in total. The van der Waals surface area contributed by atoms with Crippen LogP contribution < -0.4 is 0 Å². The van der Waals surface area contributed by atoms with Crippen LogP contribution in [0.15, 0.2) is 24.3 Å². The second-order valence-electron chi connectivity index (χ2n) is 6.43. The second kappa shape index (κ2) is 7.39. The molecule has 3 rings (SSSR count). The maximum Gasteiger partial charge on any atom is 0.0809 e. The van der Waals surface area contributed by atoms with Gasteiger partial charge < -0.3 is 9.47 Å². The molecule has 2 saturated heterocycles. The van der Waals surface area contributed by atoms with Crippen LogP contribution in [-0.2, 0) is 16.0 Å². The summed E-state index contributed by atoms with van der Waals surface area (Å²) in [5.74, 6) is 0. The Balaban J connectivity index is 1.37. The van der Waals surface area contributed by atoms with Gasteiger partial charge in [0.15, 0.2) is 0 Å². The van der Waals surface area contributed by atoms with E-state index in [4.69, 9.17) is 9.47 Å². The van der Waals surface area contributed by atoms with E-state index in [1.54, 1.807) is 0 Å². The molecule has 2 aliphatic rings. The van der Waals surface area contributed by atoms with Crippen molar-refractivity contribution in [2.75, 3.05) is 26.3 Å². The molecule has 0 radical (unpaired) electrons. The molecule has 3 heteroatoms. The van der Waals surface area contributed by atoms with Gasteiger partial charge in [-0.3, -0.25) is 4.90 Å². The lowest BCUT2D eigenvalue weighted by Gasteiger charge is -2.32. The van der Waals surface area contributed by atoms with Crippen LogP contribution in [0.5, 0.6) is 0 Å². The predicted octanol–water partition coefficient (Wildman–Crippen LogP) is 3.16. The van der Waals surface area contributed by atoms with Gasteiger partial charge in [0.1, 0.15) is 0 Å². The minimum Gasteiger partial charge on any atom is -0.376 e. The Bertz CT molecular complexity index is 417. The summed E-state index contributed by atoms with van der Waals surface area (Å²) in [5.41, 5.74) is 2.75. The largest absolute Gasteiger partial charge is 0.376 e. The van der Waals surface area contributed by atoms with Gasteiger partial charge in [0, 0.05) is 26.2 Å². The van der Waals surface area contributed by atoms with Crippen LogP contribution in [0.4, 0.5) is 0 Å². The van der Waals surface area contributed by atoms with Crippen molar-refractivity contribution in [3.05, 3.63) is 35.4 Å². The molecule has 2 heterocycles. The highest BCUT2D eigenvalue weighted by Gasteiger charge is 2.22. The van der Waals surface area contributed by atoms with Crippen LogP contribution in [0.2, 0.25) is 0 Å². The number of aryl methyl sites for hydroxylation is 1. The first kappa shape index (κ1) is 15.0. The fourth-order valence-corrected chi connectivity index (χ4v) is 3.20. The lowest BCUT2D eigenvalue weighted by Crippen LogP contribution is -2.37. The van der Waals surface area contributed by atoms with Crippen molar-refractivity contribution in [3.63, 3.8) is 0 Å². The Morgan fingerprint density at radius 3 is 2.57 bits per heavy atom. The maximum atomic E-state index is 6.03. The van der Waals surface area contributed by atoms with E-state index < -0.39 is 0 Å². The molecule has 0 saturated carbocycles. The molecule has 1 atom stereocenters. The number of hydrogen-bond acceptors (Lipinski definition) is 3. The van der Waals surface area contributed by atoms with Crippen molar-refractivity contribution in [3.8, 4) is 0 Å². The zero-order chi connectivity index (χ0) is 14.5.